The highest BCUT2D eigenvalue weighted by Gasteiger charge is 2.09. The van der Waals surface area contributed by atoms with Gasteiger partial charge in [-0.25, -0.2) is 0 Å². The molecule has 124 valence electrons. The van der Waals surface area contributed by atoms with E-state index in [4.69, 9.17) is 4.74 Å². The molecule has 1 N–H and O–H groups in total. The first-order valence-electron chi connectivity index (χ1n) is 7.17. The molecule has 0 bridgehead atoms. The van der Waals surface area contributed by atoms with Crippen molar-refractivity contribution in [3.05, 3.63) is 64.6 Å². The summed E-state index contributed by atoms with van der Waals surface area (Å²) in [6.45, 7) is 0.722. The summed E-state index contributed by atoms with van der Waals surface area (Å²) in [6, 6.07) is 10.9. The predicted octanol–water partition coefficient (Wildman–Crippen LogP) is 1.23. The molecule has 0 spiro atoms. The van der Waals surface area contributed by atoms with Crippen LogP contribution in [0.5, 0.6) is 0 Å². The minimum atomic E-state index is -0.689. The number of anilines is 1. The smallest absolute Gasteiger partial charge is 0.326 e. The number of esters is 1. The quantitative estimate of drug-likeness (QED) is 0.636. The van der Waals surface area contributed by atoms with Gasteiger partial charge in [-0.15, -0.1) is 0 Å². The van der Waals surface area contributed by atoms with E-state index in [9.17, 15) is 19.2 Å². The largest absolute Gasteiger partial charge is 0.454 e. The highest BCUT2D eigenvalue weighted by atomic mass is 16.5. The maximum atomic E-state index is 11.7. The van der Waals surface area contributed by atoms with Gasteiger partial charge in [-0.1, -0.05) is 6.07 Å². The number of pyridine rings is 1. The Morgan fingerprint density at radius 1 is 1.08 bits per heavy atom. The molecule has 7 nitrogen and oxygen atoms in total. The number of aromatic nitrogens is 1. The van der Waals surface area contributed by atoms with Crippen LogP contribution in [-0.2, 0) is 20.9 Å². The molecule has 0 radical (unpaired) electrons. The third kappa shape index (κ3) is 4.91. The number of Topliss-reactive ketones (excluding diaryl/α,β-unsaturated/α-hetero) is 1. The van der Waals surface area contributed by atoms with Crippen molar-refractivity contribution in [2.45, 2.75) is 13.5 Å². The second-order valence-electron chi connectivity index (χ2n) is 5.01. The summed E-state index contributed by atoms with van der Waals surface area (Å²) in [6.07, 6.45) is 1.46. The molecule has 24 heavy (non-hydrogen) atoms. The Balaban J connectivity index is 1.82. The lowest BCUT2D eigenvalue weighted by molar-refractivity contribution is -0.147. The van der Waals surface area contributed by atoms with Crippen LogP contribution in [0.1, 0.15) is 17.3 Å². The summed E-state index contributed by atoms with van der Waals surface area (Å²) < 4.78 is 6.01. The van der Waals surface area contributed by atoms with E-state index in [1.165, 1.54) is 23.8 Å². The lowest BCUT2D eigenvalue weighted by Crippen LogP contribution is -2.26. The molecule has 2 aromatic rings. The second-order valence-corrected chi connectivity index (χ2v) is 5.01. The number of nitrogens with zero attached hydrogens (tertiary/aromatic N) is 1. The van der Waals surface area contributed by atoms with Crippen molar-refractivity contribution in [2.75, 3.05) is 11.9 Å². The zero-order chi connectivity index (χ0) is 17.5. The van der Waals surface area contributed by atoms with Crippen LogP contribution in [0.4, 0.5) is 5.69 Å². The zero-order valence-corrected chi connectivity index (χ0v) is 13.0. The average molecular weight is 328 g/mol. The van der Waals surface area contributed by atoms with Crippen LogP contribution < -0.4 is 10.9 Å². The number of amides is 1. The fourth-order valence-corrected chi connectivity index (χ4v) is 1.91. The van der Waals surface area contributed by atoms with Gasteiger partial charge in [0.15, 0.2) is 12.4 Å². The van der Waals surface area contributed by atoms with E-state index in [0.29, 0.717) is 11.3 Å². The Hall–Kier alpha value is -3.22. The molecular weight excluding hydrogens is 312 g/mol. The number of nitrogens with one attached hydrogen (secondary N) is 1. The second kappa shape index (κ2) is 7.87. The minimum absolute atomic E-state index is 0.0713. The predicted molar refractivity (Wildman–Crippen MR) is 86.7 cm³/mol. The van der Waals surface area contributed by atoms with Crippen LogP contribution >= 0.6 is 0 Å². The van der Waals surface area contributed by atoms with E-state index in [1.807, 2.05) is 0 Å². The maximum absolute atomic E-state index is 11.7. The first kappa shape index (κ1) is 17.1. The van der Waals surface area contributed by atoms with Crippen molar-refractivity contribution in [1.29, 1.82) is 0 Å². The van der Waals surface area contributed by atoms with Crippen molar-refractivity contribution < 1.29 is 19.1 Å². The molecule has 0 saturated heterocycles. The molecular formula is C17H16N2O5. The molecule has 0 saturated carbocycles. The molecule has 0 atom stereocenters. The number of carbonyl (C=O) groups excluding carboxylic acids is 3. The van der Waals surface area contributed by atoms with Crippen molar-refractivity contribution in [2.24, 2.45) is 0 Å². The van der Waals surface area contributed by atoms with E-state index in [1.54, 1.807) is 36.4 Å². The highest BCUT2D eigenvalue weighted by Crippen LogP contribution is 2.09. The van der Waals surface area contributed by atoms with Crippen molar-refractivity contribution in [3.63, 3.8) is 0 Å². The van der Waals surface area contributed by atoms with Gasteiger partial charge in [0.05, 0.1) is 0 Å². The molecule has 1 aromatic heterocycles. The fraction of sp³-hybridized carbons (Fsp3) is 0.176. The van der Waals surface area contributed by atoms with Gasteiger partial charge >= 0.3 is 5.97 Å². The fourth-order valence-electron chi connectivity index (χ4n) is 1.91. The molecule has 0 unspecified atom stereocenters. The number of benzene rings is 1. The lowest BCUT2D eigenvalue weighted by atomic mass is 10.1. The van der Waals surface area contributed by atoms with Gasteiger partial charge < -0.3 is 14.6 Å². The summed E-state index contributed by atoms with van der Waals surface area (Å²) in [5.74, 6) is -1.28. The molecule has 0 aliphatic rings. The van der Waals surface area contributed by atoms with Gasteiger partial charge in [-0.3, -0.25) is 19.2 Å². The maximum Gasteiger partial charge on any atom is 0.326 e. The van der Waals surface area contributed by atoms with E-state index in [0.717, 1.165) is 0 Å². The third-order valence-corrected chi connectivity index (χ3v) is 3.14. The van der Waals surface area contributed by atoms with Gasteiger partial charge in [0.25, 0.3) is 11.5 Å². The molecule has 1 amide bonds. The number of ether oxygens (including phenoxy) is 1. The first-order chi connectivity index (χ1) is 11.5. The summed E-state index contributed by atoms with van der Waals surface area (Å²) >= 11 is 0. The van der Waals surface area contributed by atoms with Crippen LogP contribution in [0, 0.1) is 0 Å². The van der Waals surface area contributed by atoms with Crippen molar-refractivity contribution in [3.8, 4) is 0 Å². The SMILES string of the molecule is CC(=O)c1ccc(NC(=O)COC(=O)Cn2ccccc2=O)cc1. The Morgan fingerprint density at radius 2 is 1.79 bits per heavy atom. The zero-order valence-electron chi connectivity index (χ0n) is 13.0. The molecule has 0 aliphatic heterocycles. The molecule has 1 aromatic carbocycles. The van der Waals surface area contributed by atoms with Crippen LogP contribution in [0.15, 0.2) is 53.5 Å². The van der Waals surface area contributed by atoms with E-state index >= 15 is 0 Å². The summed E-state index contributed by atoms with van der Waals surface area (Å²) in [5, 5.41) is 2.54. The Bertz CT molecular complexity index is 808. The van der Waals surface area contributed by atoms with E-state index < -0.39 is 18.5 Å². The Labute approximate surface area is 137 Å². The van der Waals surface area contributed by atoms with Gasteiger partial charge in [0, 0.05) is 23.5 Å². The standard InChI is InChI=1S/C17H16N2O5/c1-12(20)13-5-7-14(8-6-13)18-15(21)11-24-17(23)10-19-9-3-2-4-16(19)22/h2-9H,10-11H2,1H3,(H,18,21). The van der Waals surface area contributed by atoms with Crippen LogP contribution in [0.3, 0.4) is 0 Å². The van der Waals surface area contributed by atoms with E-state index in [-0.39, 0.29) is 17.9 Å². The average Bonchev–Trinajstić information content (AvgIpc) is 2.55. The molecule has 1 heterocycles. The van der Waals surface area contributed by atoms with E-state index in [2.05, 4.69) is 5.32 Å². The Morgan fingerprint density at radius 3 is 2.42 bits per heavy atom. The number of rotatable bonds is 6. The van der Waals surface area contributed by atoms with Gasteiger partial charge in [-0.05, 0) is 37.3 Å². The van der Waals surface area contributed by atoms with Crippen LogP contribution in [0.2, 0.25) is 0 Å². The van der Waals surface area contributed by atoms with Gasteiger partial charge in [0.1, 0.15) is 6.54 Å². The highest BCUT2D eigenvalue weighted by molar-refractivity contribution is 5.96. The van der Waals surface area contributed by atoms with Gasteiger partial charge in [-0.2, -0.15) is 0 Å². The molecule has 0 fully saturated rings. The van der Waals surface area contributed by atoms with Crippen LogP contribution in [-0.4, -0.2) is 28.8 Å². The van der Waals surface area contributed by atoms with Crippen molar-refractivity contribution in [1.82, 2.24) is 4.57 Å². The number of carbonyl (C=O) groups is 3. The summed E-state index contributed by atoms with van der Waals surface area (Å²) in [5.41, 5.74) is 0.692. The van der Waals surface area contributed by atoms with Gasteiger partial charge in [0.2, 0.25) is 0 Å². The molecule has 2 rings (SSSR count). The summed E-state index contributed by atoms with van der Waals surface area (Å²) in [7, 11) is 0. The molecule has 0 aliphatic carbocycles. The molecule has 7 heteroatoms. The first-order valence-corrected chi connectivity index (χ1v) is 7.17. The number of hydrogen-bond donors (Lipinski definition) is 1. The third-order valence-electron chi connectivity index (χ3n) is 3.14. The number of hydrogen-bond acceptors (Lipinski definition) is 5. The summed E-state index contributed by atoms with van der Waals surface area (Å²) in [4.78, 5) is 46.0. The Kier molecular flexibility index (Phi) is 5.62. The van der Waals surface area contributed by atoms with Crippen LogP contribution in [0.25, 0.3) is 0 Å². The van der Waals surface area contributed by atoms with Crippen molar-refractivity contribution >= 4 is 23.3 Å². The topological polar surface area (TPSA) is 94.5 Å². The monoisotopic (exact) mass is 328 g/mol. The lowest BCUT2D eigenvalue weighted by Gasteiger charge is -2.08. The minimum Gasteiger partial charge on any atom is -0.454 e. The number of ketones is 1. The normalized spacial score (nSPS) is 10.0.